The zero-order valence-corrected chi connectivity index (χ0v) is 12.6. The van der Waals surface area contributed by atoms with Gasteiger partial charge in [-0.2, -0.15) is 0 Å². The maximum absolute atomic E-state index is 13.3. The van der Waals surface area contributed by atoms with Crippen LogP contribution in [0.15, 0.2) is 54.6 Å². The van der Waals surface area contributed by atoms with E-state index in [1.165, 1.54) is 12.1 Å². The highest BCUT2D eigenvalue weighted by molar-refractivity contribution is 5.98. The third-order valence-electron chi connectivity index (χ3n) is 4.26. The third kappa shape index (κ3) is 2.84. The largest absolute Gasteiger partial charge is 0.351 e. The lowest BCUT2D eigenvalue weighted by molar-refractivity contribution is 0.0725. The Morgan fingerprint density at radius 2 is 1.91 bits per heavy atom. The number of carbonyl (C=O) groups is 1. The molecule has 1 aromatic heterocycles. The SMILES string of the molecule is O=C(c1cc2cc(F)ccc2[nH]1)N(Cc1ccccc1)C1CC1. The maximum atomic E-state index is 13.3. The number of fused-ring (bicyclic) bond motifs is 1. The van der Waals surface area contributed by atoms with Gasteiger partial charge in [-0.3, -0.25) is 4.79 Å². The van der Waals surface area contributed by atoms with Crippen LogP contribution in [0, 0.1) is 5.82 Å². The monoisotopic (exact) mass is 308 g/mol. The van der Waals surface area contributed by atoms with E-state index in [2.05, 4.69) is 4.98 Å². The average molecular weight is 308 g/mol. The van der Waals surface area contributed by atoms with Crippen molar-refractivity contribution < 1.29 is 9.18 Å². The summed E-state index contributed by atoms with van der Waals surface area (Å²) in [6, 6.07) is 16.6. The molecule has 23 heavy (non-hydrogen) atoms. The fourth-order valence-electron chi connectivity index (χ4n) is 2.91. The number of H-pyrrole nitrogens is 1. The first kappa shape index (κ1) is 14.0. The van der Waals surface area contributed by atoms with E-state index in [1.807, 2.05) is 35.2 Å². The first-order chi connectivity index (χ1) is 11.2. The lowest BCUT2D eigenvalue weighted by Crippen LogP contribution is -2.32. The fraction of sp³-hybridized carbons (Fsp3) is 0.211. The molecule has 0 bridgehead atoms. The van der Waals surface area contributed by atoms with Crippen LogP contribution >= 0.6 is 0 Å². The number of nitrogens with one attached hydrogen (secondary N) is 1. The Bertz CT molecular complexity index is 852. The van der Waals surface area contributed by atoms with E-state index >= 15 is 0 Å². The Labute approximate surface area is 133 Å². The Balaban J connectivity index is 1.63. The number of carbonyl (C=O) groups excluding carboxylic acids is 1. The summed E-state index contributed by atoms with van der Waals surface area (Å²) in [6.07, 6.45) is 2.10. The topological polar surface area (TPSA) is 36.1 Å². The molecule has 0 aliphatic heterocycles. The van der Waals surface area contributed by atoms with E-state index in [1.54, 1.807) is 12.1 Å². The van der Waals surface area contributed by atoms with Crippen LogP contribution in [0.1, 0.15) is 28.9 Å². The Morgan fingerprint density at radius 1 is 1.13 bits per heavy atom. The van der Waals surface area contributed by atoms with Crippen LogP contribution in [-0.2, 0) is 6.54 Å². The molecule has 1 saturated carbocycles. The Hall–Kier alpha value is -2.62. The molecule has 1 aliphatic carbocycles. The van der Waals surface area contributed by atoms with Gasteiger partial charge < -0.3 is 9.88 Å². The zero-order valence-electron chi connectivity index (χ0n) is 12.6. The summed E-state index contributed by atoms with van der Waals surface area (Å²) in [5, 5.41) is 0.726. The van der Waals surface area contributed by atoms with Crippen LogP contribution in [0.2, 0.25) is 0 Å². The molecule has 116 valence electrons. The minimum absolute atomic E-state index is 0.0204. The van der Waals surface area contributed by atoms with Crippen LogP contribution in [0.5, 0.6) is 0 Å². The molecule has 4 heteroatoms. The number of hydrogen-bond acceptors (Lipinski definition) is 1. The molecule has 0 spiro atoms. The van der Waals surface area contributed by atoms with E-state index in [0.29, 0.717) is 18.3 Å². The van der Waals surface area contributed by atoms with Crippen LogP contribution in [-0.4, -0.2) is 21.8 Å². The van der Waals surface area contributed by atoms with Crippen molar-refractivity contribution in [3.05, 3.63) is 71.7 Å². The number of benzene rings is 2. The van der Waals surface area contributed by atoms with Crippen molar-refractivity contribution in [1.29, 1.82) is 0 Å². The fourth-order valence-corrected chi connectivity index (χ4v) is 2.91. The van der Waals surface area contributed by atoms with Gasteiger partial charge in [0.2, 0.25) is 0 Å². The second-order valence-corrected chi connectivity index (χ2v) is 6.06. The van der Waals surface area contributed by atoms with Gasteiger partial charge >= 0.3 is 0 Å². The van der Waals surface area contributed by atoms with Gasteiger partial charge in [-0.1, -0.05) is 30.3 Å². The maximum Gasteiger partial charge on any atom is 0.270 e. The first-order valence-electron chi connectivity index (χ1n) is 7.84. The summed E-state index contributed by atoms with van der Waals surface area (Å²) < 4.78 is 13.3. The lowest BCUT2D eigenvalue weighted by atomic mass is 10.2. The molecule has 0 radical (unpaired) electrons. The summed E-state index contributed by atoms with van der Waals surface area (Å²) in [5.41, 5.74) is 2.42. The number of rotatable bonds is 4. The van der Waals surface area contributed by atoms with Gasteiger partial charge in [0, 0.05) is 23.5 Å². The molecule has 2 aromatic carbocycles. The summed E-state index contributed by atoms with van der Waals surface area (Å²) in [6.45, 7) is 0.605. The number of nitrogens with zero attached hydrogens (tertiary/aromatic N) is 1. The van der Waals surface area contributed by atoms with Crippen molar-refractivity contribution in [2.24, 2.45) is 0 Å². The molecular weight excluding hydrogens is 291 g/mol. The first-order valence-corrected chi connectivity index (χ1v) is 7.84. The second-order valence-electron chi connectivity index (χ2n) is 6.06. The highest BCUT2D eigenvalue weighted by Gasteiger charge is 2.33. The molecule has 1 amide bonds. The van der Waals surface area contributed by atoms with Gasteiger partial charge in [0.15, 0.2) is 0 Å². The highest BCUT2D eigenvalue weighted by atomic mass is 19.1. The predicted molar refractivity (Wildman–Crippen MR) is 87.6 cm³/mol. The average Bonchev–Trinajstić information content (AvgIpc) is 3.32. The van der Waals surface area contributed by atoms with E-state index < -0.39 is 0 Å². The highest BCUT2D eigenvalue weighted by Crippen LogP contribution is 2.30. The van der Waals surface area contributed by atoms with Crippen molar-refractivity contribution in [3.63, 3.8) is 0 Å². The lowest BCUT2D eigenvalue weighted by Gasteiger charge is -2.22. The molecule has 3 nitrogen and oxygen atoms in total. The van der Waals surface area contributed by atoms with Gasteiger partial charge in [0.1, 0.15) is 11.5 Å². The zero-order chi connectivity index (χ0) is 15.8. The van der Waals surface area contributed by atoms with Gasteiger partial charge in [-0.05, 0) is 42.7 Å². The molecule has 0 unspecified atom stereocenters. The molecule has 1 aliphatic rings. The van der Waals surface area contributed by atoms with E-state index in [-0.39, 0.29) is 11.7 Å². The van der Waals surface area contributed by atoms with E-state index in [0.717, 1.165) is 29.3 Å². The standard InChI is InChI=1S/C19H17FN2O/c20-15-6-9-17-14(10-15)11-18(21-17)19(23)22(16-7-8-16)12-13-4-2-1-3-5-13/h1-6,9-11,16,21H,7-8,12H2. The number of aromatic nitrogens is 1. The molecule has 1 fully saturated rings. The predicted octanol–water partition coefficient (Wildman–Crippen LogP) is 4.11. The number of aromatic amines is 1. The molecule has 0 atom stereocenters. The minimum atomic E-state index is -0.293. The Morgan fingerprint density at radius 3 is 2.65 bits per heavy atom. The molecule has 3 aromatic rings. The van der Waals surface area contributed by atoms with Crippen molar-refractivity contribution in [2.75, 3.05) is 0 Å². The Kier molecular flexibility index (Phi) is 3.37. The number of halogens is 1. The van der Waals surface area contributed by atoms with Crippen molar-refractivity contribution in [1.82, 2.24) is 9.88 Å². The van der Waals surface area contributed by atoms with Gasteiger partial charge in [-0.15, -0.1) is 0 Å². The van der Waals surface area contributed by atoms with Gasteiger partial charge in [-0.25, -0.2) is 4.39 Å². The van der Waals surface area contributed by atoms with Gasteiger partial charge in [0.05, 0.1) is 0 Å². The smallest absolute Gasteiger partial charge is 0.270 e. The summed E-state index contributed by atoms with van der Waals surface area (Å²) in [4.78, 5) is 17.9. The number of amides is 1. The molecular formula is C19H17FN2O. The quantitative estimate of drug-likeness (QED) is 0.773. The van der Waals surface area contributed by atoms with E-state index in [9.17, 15) is 9.18 Å². The minimum Gasteiger partial charge on any atom is -0.351 e. The number of hydrogen-bond donors (Lipinski definition) is 1. The van der Waals surface area contributed by atoms with Gasteiger partial charge in [0.25, 0.3) is 5.91 Å². The summed E-state index contributed by atoms with van der Waals surface area (Å²) in [7, 11) is 0. The summed E-state index contributed by atoms with van der Waals surface area (Å²) in [5.74, 6) is -0.313. The summed E-state index contributed by atoms with van der Waals surface area (Å²) >= 11 is 0. The molecule has 0 saturated heterocycles. The second kappa shape index (κ2) is 5.54. The molecule has 4 rings (SSSR count). The van der Waals surface area contributed by atoms with Crippen molar-refractivity contribution in [3.8, 4) is 0 Å². The third-order valence-corrected chi connectivity index (χ3v) is 4.26. The van der Waals surface area contributed by atoms with Crippen molar-refractivity contribution in [2.45, 2.75) is 25.4 Å². The van der Waals surface area contributed by atoms with Crippen LogP contribution < -0.4 is 0 Å². The molecule has 1 N–H and O–H groups in total. The van der Waals surface area contributed by atoms with Crippen LogP contribution in [0.4, 0.5) is 4.39 Å². The normalized spacial score (nSPS) is 14.1. The molecule has 1 heterocycles. The van der Waals surface area contributed by atoms with Crippen LogP contribution in [0.25, 0.3) is 10.9 Å². The van der Waals surface area contributed by atoms with Crippen molar-refractivity contribution >= 4 is 16.8 Å². The van der Waals surface area contributed by atoms with E-state index in [4.69, 9.17) is 0 Å². The van der Waals surface area contributed by atoms with Crippen LogP contribution in [0.3, 0.4) is 0 Å².